The molecule has 2 nitrogen and oxygen atoms in total. The molecule has 1 unspecified atom stereocenters. The molecule has 1 aromatic carbocycles. The van der Waals surface area contributed by atoms with Crippen LogP contribution in [0.25, 0.3) is 0 Å². The molecule has 0 aliphatic heterocycles. The lowest BCUT2D eigenvalue weighted by atomic mass is 10.1. The zero-order valence-corrected chi connectivity index (χ0v) is 8.65. The van der Waals surface area contributed by atoms with Crippen LogP contribution in [0.15, 0.2) is 18.2 Å². The van der Waals surface area contributed by atoms with Crippen molar-refractivity contribution < 1.29 is 14.3 Å². The number of aromatic hydroxyl groups is 1. The normalized spacial score (nSPS) is 12.8. The molecule has 13 heavy (non-hydrogen) atoms. The Kier molecular flexibility index (Phi) is 3.45. The Morgan fingerprint density at radius 3 is 2.69 bits per heavy atom. The van der Waals surface area contributed by atoms with Gasteiger partial charge in [0, 0.05) is 0 Å². The highest BCUT2D eigenvalue weighted by Crippen LogP contribution is 2.17. The van der Waals surface area contributed by atoms with E-state index in [1.165, 1.54) is 12.1 Å². The maximum absolute atomic E-state index is 12.8. The molecule has 0 saturated carbocycles. The van der Waals surface area contributed by atoms with E-state index in [1.807, 2.05) is 6.55 Å². The third kappa shape index (κ3) is 3.16. The number of hydrogen-bond acceptors (Lipinski definition) is 2. The third-order valence-electron chi connectivity index (χ3n) is 1.86. The van der Waals surface area contributed by atoms with E-state index in [0.29, 0.717) is 6.42 Å². The summed E-state index contributed by atoms with van der Waals surface area (Å²) in [5.41, 5.74) is 0.823. The maximum atomic E-state index is 12.8. The van der Waals surface area contributed by atoms with Crippen molar-refractivity contribution in [3.8, 4) is 5.75 Å². The Morgan fingerprint density at radius 2 is 2.15 bits per heavy atom. The molecule has 0 heterocycles. The molecule has 0 bridgehead atoms. The summed E-state index contributed by atoms with van der Waals surface area (Å²) in [4.78, 5) is 9.13. The summed E-state index contributed by atoms with van der Waals surface area (Å²) in [5.74, 6) is -0.914. The molecule has 0 aliphatic carbocycles. The molecule has 0 radical (unpaired) electrons. The van der Waals surface area contributed by atoms with Gasteiger partial charge in [-0.25, -0.2) is 4.39 Å². The van der Waals surface area contributed by atoms with Crippen molar-refractivity contribution in [3.63, 3.8) is 0 Å². The van der Waals surface area contributed by atoms with Crippen molar-refractivity contribution in [2.24, 2.45) is 0 Å². The predicted molar refractivity (Wildman–Crippen MR) is 51.8 cm³/mol. The molecule has 0 aliphatic rings. The van der Waals surface area contributed by atoms with E-state index in [0.717, 1.165) is 11.6 Å². The summed E-state index contributed by atoms with van der Waals surface area (Å²) >= 11 is 0. The van der Waals surface area contributed by atoms with Gasteiger partial charge in [0.15, 0.2) is 20.6 Å². The van der Waals surface area contributed by atoms with Gasteiger partial charge in [-0.3, -0.25) is 0 Å². The molecule has 0 fully saturated rings. The summed E-state index contributed by atoms with van der Waals surface area (Å²) in [6, 6.07) is 5.07. The first kappa shape index (κ1) is 10.2. The number of hydrogen-bond donors (Lipinski definition) is 2. The maximum Gasteiger partial charge on any atom is 0.169 e. The second-order valence-electron chi connectivity index (χ2n) is 3.17. The van der Waals surface area contributed by atoms with Crippen LogP contribution >= 0.6 is 0 Å². The topological polar surface area (TPSA) is 40.5 Å². The number of halogens is 1. The number of aryl methyl sites for hydroxylation is 1. The zero-order chi connectivity index (χ0) is 9.84. The third-order valence-corrected chi connectivity index (χ3v) is 2.99. The predicted octanol–water partition coefficient (Wildman–Crippen LogP) is 1.42. The number of rotatable bonds is 3. The molecule has 1 rings (SSSR count). The molecular weight excluding hydrogens is 187 g/mol. The molecule has 4 heteroatoms. The van der Waals surface area contributed by atoms with Gasteiger partial charge in [0.1, 0.15) is 0 Å². The molecular formula is C9H13FO2Si. The fourth-order valence-corrected chi connectivity index (χ4v) is 1.83. The van der Waals surface area contributed by atoms with Crippen LogP contribution in [0, 0.1) is 5.82 Å². The SMILES string of the molecule is C[SiH](O)CCc1ccc(O)c(F)c1. The number of benzene rings is 1. The van der Waals surface area contributed by atoms with Crippen molar-refractivity contribution in [3.05, 3.63) is 29.6 Å². The van der Waals surface area contributed by atoms with E-state index in [4.69, 9.17) is 9.90 Å². The van der Waals surface area contributed by atoms with Crippen LogP contribution in [-0.4, -0.2) is 18.9 Å². The van der Waals surface area contributed by atoms with Gasteiger partial charge in [-0.15, -0.1) is 0 Å². The van der Waals surface area contributed by atoms with E-state index in [1.54, 1.807) is 6.07 Å². The molecule has 1 atom stereocenters. The van der Waals surface area contributed by atoms with Crippen LogP contribution in [0.2, 0.25) is 12.6 Å². The first-order valence-corrected chi connectivity index (χ1v) is 6.74. The summed E-state index contributed by atoms with van der Waals surface area (Å²) in [5, 5.41) is 8.91. The van der Waals surface area contributed by atoms with Crippen LogP contribution in [-0.2, 0) is 6.42 Å². The average Bonchev–Trinajstić information content (AvgIpc) is 2.07. The molecule has 0 spiro atoms. The zero-order valence-electron chi connectivity index (χ0n) is 7.50. The van der Waals surface area contributed by atoms with Gasteiger partial charge in [-0.2, -0.15) is 0 Å². The first-order valence-electron chi connectivity index (χ1n) is 4.25. The summed E-state index contributed by atoms with van der Waals surface area (Å²) in [7, 11) is -1.55. The Bertz CT molecular complexity index is 289. The van der Waals surface area contributed by atoms with Crippen LogP contribution < -0.4 is 0 Å². The van der Waals surface area contributed by atoms with Gasteiger partial charge >= 0.3 is 0 Å². The van der Waals surface area contributed by atoms with Crippen molar-refractivity contribution >= 4 is 9.04 Å². The fourth-order valence-electron chi connectivity index (χ4n) is 1.08. The van der Waals surface area contributed by atoms with Crippen molar-refractivity contribution in [2.45, 2.75) is 19.0 Å². The minimum absolute atomic E-state index is 0.321. The van der Waals surface area contributed by atoms with Crippen molar-refractivity contribution in [1.82, 2.24) is 0 Å². The van der Waals surface area contributed by atoms with Gasteiger partial charge in [-0.05, 0) is 36.7 Å². The van der Waals surface area contributed by atoms with Gasteiger partial charge in [-0.1, -0.05) is 6.07 Å². The highest BCUT2D eigenvalue weighted by Gasteiger charge is 2.03. The fraction of sp³-hybridized carbons (Fsp3) is 0.333. The second-order valence-corrected chi connectivity index (χ2v) is 5.45. The molecule has 72 valence electrons. The van der Waals surface area contributed by atoms with Crippen LogP contribution in [0.3, 0.4) is 0 Å². The van der Waals surface area contributed by atoms with Crippen LogP contribution in [0.5, 0.6) is 5.75 Å². The Balaban J connectivity index is 2.63. The largest absolute Gasteiger partial charge is 0.505 e. The molecule has 1 aromatic rings. The standard InChI is InChI=1S/C9H13FO2Si/c1-13(12)5-4-7-2-3-9(11)8(10)6-7/h2-3,6,11-13H,4-5H2,1H3. The molecule has 0 saturated heterocycles. The van der Waals surface area contributed by atoms with E-state index in [2.05, 4.69) is 0 Å². The van der Waals surface area contributed by atoms with E-state index >= 15 is 0 Å². The minimum atomic E-state index is -1.55. The number of phenols is 1. The van der Waals surface area contributed by atoms with Gasteiger partial charge < -0.3 is 9.90 Å². The average molecular weight is 200 g/mol. The summed E-state index contributed by atoms with van der Waals surface area (Å²) in [6.45, 7) is 1.83. The quantitative estimate of drug-likeness (QED) is 0.724. The van der Waals surface area contributed by atoms with Gasteiger partial charge in [0.2, 0.25) is 0 Å². The van der Waals surface area contributed by atoms with E-state index in [9.17, 15) is 4.39 Å². The summed E-state index contributed by atoms with van der Waals surface area (Å²) in [6.07, 6.45) is 0.682. The first-order chi connectivity index (χ1) is 6.09. The lowest BCUT2D eigenvalue weighted by Gasteiger charge is -2.03. The highest BCUT2D eigenvalue weighted by molar-refractivity contribution is 6.48. The Hall–Kier alpha value is -0.873. The van der Waals surface area contributed by atoms with Crippen LogP contribution in [0.4, 0.5) is 4.39 Å². The Labute approximate surface area is 78.4 Å². The monoisotopic (exact) mass is 200 g/mol. The van der Waals surface area contributed by atoms with Gasteiger partial charge in [0.05, 0.1) is 0 Å². The van der Waals surface area contributed by atoms with E-state index in [-0.39, 0.29) is 5.75 Å². The Morgan fingerprint density at radius 1 is 1.46 bits per heavy atom. The van der Waals surface area contributed by atoms with E-state index < -0.39 is 14.9 Å². The van der Waals surface area contributed by atoms with Crippen molar-refractivity contribution in [2.75, 3.05) is 0 Å². The highest BCUT2D eigenvalue weighted by atomic mass is 28.3. The smallest absolute Gasteiger partial charge is 0.169 e. The molecule has 0 amide bonds. The number of phenolic OH excluding ortho intramolecular Hbond substituents is 1. The molecule has 2 N–H and O–H groups in total. The lowest BCUT2D eigenvalue weighted by Crippen LogP contribution is -2.06. The summed E-state index contributed by atoms with van der Waals surface area (Å²) < 4.78 is 12.8. The van der Waals surface area contributed by atoms with Crippen LogP contribution in [0.1, 0.15) is 5.56 Å². The second kappa shape index (κ2) is 4.39. The molecule has 0 aromatic heterocycles. The van der Waals surface area contributed by atoms with Crippen molar-refractivity contribution in [1.29, 1.82) is 0 Å². The van der Waals surface area contributed by atoms with Gasteiger partial charge in [0.25, 0.3) is 0 Å². The minimum Gasteiger partial charge on any atom is -0.505 e. The lowest BCUT2D eigenvalue weighted by molar-refractivity contribution is 0.432.